The molecule has 2 amide bonds. The smallest absolute Gasteiger partial charge is 0.244 e. The minimum Gasteiger partial charge on any atom is -0.354 e. The number of benzene rings is 2. The Morgan fingerprint density at radius 3 is 2.22 bits per heavy atom. The molecule has 198 valence electrons. The van der Waals surface area contributed by atoms with E-state index < -0.39 is 46.1 Å². The minimum absolute atomic E-state index is 0.174. The summed E-state index contributed by atoms with van der Waals surface area (Å²) in [6.07, 6.45) is 2.65. The second kappa shape index (κ2) is 13.2. The van der Waals surface area contributed by atoms with Gasteiger partial charge in [0.15, 0.2) is 11.6 Å². The van der Waals surface area contributed by atoms with Gasteiger partial charge in [-0.2, -0.15) is 0 Å². The number of sulfonamides is 1. The molecule has 0 fully saturated rings. The molecule has 2 rings (SSSR count). The first kappa shape index (κ1) is 29.8. The molecule has 0 bridgehead atoms. The lowest BCUT2D eigenvalue weighted by molar-refractivity contribution is -0.140. The molecule has 0 saturated carbocycles. The zero-order valence-electron chi connectivity index (χ0n) is 20.2. The van der Waals surface area contributed by atoms with E-state index in [1.807, 2.05) is 6.92 Å². The summed E-state index contributed by atoms with van der Waals surface area (Å²) in [4.78, 5) is 27.8. The first-order valence-corrected chi connectivity index (χ1v) is 13.9. The van der Waals surface area contributed by atoms with Gasteiger partial charge in [-0.25, -0.2) is 17.2 Å². The highest BCUT2D eigenvalue weighted by Gasteiger charge is 2.32. The standard InChI is InChI=1S/C24H29Cl2F2N3O4S/c1-4-6-12-29-24(33)22(5-2)30(14-17-18(25)8-7-9-19(17)26)23(32)15-31(36(3,34)35)16-10-11-20(27)21(28)13-16/h7-11,13,22H,4-6,12,14-15H2,1-3H3,(H,29,33)/t22-/m0/s1. The maximum Gasteiger partial charge on any atom is 0.244 e. The lowest BCUT2D eigenvalue weighted by atomic mass is 10.1. The van der Waals surface area contributed by atoms with Crippen molar-refractivity contribution in [2.24, 2.45) is 0 Å². The predicted octanol–water partition coefficient (Wildman–Crippen LogP) is 4.76. The molecule has 0 aromatic heterocycles. The van der Waals surface area contributed by atoms with Crippen molar-refractivity contribution in [1.29, 1.82) is 0 Å². The van der Waals surface area contributed by atoms with Crippen LogP contribution in [0, 0.1) is 11.6 Å². The van der Waals surface area contributed by atoms with Gasteiger partial charge in [0.25, 0.3) is 0 Å². The van der Waals surface area contributed by atoms with E-state index in [1.54, 1.807) is 25.1 Å². The Labute approximate surface area is 220 Å². The second-order valence-electron chi connectivity index (χ2n) is 8.16. The molecule has 0 unspecified atom stereocenters. The molecule has 36 heavy (non-hydrogen) atoms. The van der Waals surface area contributed by atoms with Gasteiger partial charge in [-0.1, -0.05) is 49.5 Å². The lowest BCUT2D eigenvalue weighted by Crippen LogP contribution is -2.52. The molecule has 0 aliphatic heterocycles. The van der Waals surface area contributed by atoms with E-state index in [1.165, 1.54) is 4.90 Å². The van der Waals surface area contributed by atoms with Gasteiger partial charge in [0.1, 0.15) is 12.6 Å². The zero-order valence-corrected chi connectivity index (χ0v) is 22.6. The fraction of sp³-hybridized carbons (Fsp3) is 0.417. The number of nitrogens with zero attached hydrogens (tertiary/aromatic N) is 2. The highest BCUT2D eigenvalue weighted by molar-refractivity contribution is 7.92. The van der Waals surface area contributed by atoms with Crippen LogP contribution in [0.3, 0.4) is 0 Å². The molecule has 1 N–H and O–H groups in total. The summed E-state index contributed by atoms with van der Waals surface area (Å²) < 4.78 is 53.0. The molecule has 0 saturated heterocycles. The van der Waals surface area contributed by atoms with Crippen LogP contribution in [0.15, 0.2) is 36.4 Å². The number of carbonyl (C=O) groups excluding carboxylic acids is 2. The molecule has 0 aliphatic rings. The van der Waals surface area contributed by atoms with Crippen LogP contribution in [0.5, 0.6) is 0 Å². The van der Waals surface area contributed by atoms with Crippen molar-refractivity contribution in [3.05, 3.63) is 63.6 Å². The van der Waals surface area contributed by atoms with Crippen LogP contribution in [-0.2, 0) is 26.2 Å². The molecule has 0 aliphatic carbocycles. The van der Waals surface area contributed by atoms with Crippen LogP contribution in [0.1, 0.15) is 38.7 Å². The molecule has 0 heterocycles. The number of carbonyl (C=O) groups is 2. The largest absolute Gasteiger partial charge is 0.354 e. The van der Waals surface area contributed by atoms with Crippen molar-refractivity contribution in [3.63, 3.8) is 0 Å². The topological polar surface area (TPSA) is 86.8 Å². The third kappa shape index (κ3) is 7.78. The summed E-state index contributed by atoms with van der Waals surface area (Å²) in [6.45, 7) is 3.15. The molecule has 12 heteroatoms. The van der Waals surface area contributed by atoms with E-state index in [0.717, 1.165) is 31.2 Å². The van der Waals surface area contributed by atoms with E-state index in [0.29, 0.717) is 22.5 Å². The van der Waals surface area contributed by atoms with Crippen LogP contribution >= 0.6 is 23.2 Å². The Bertz CT molecular complexity index is 1180. The molecule has 1 atom stereocenters. The number of amides is 2. The van der Waals surface area contributed by atoms with Gasteiger partial charge in [0.05, 0.1) is 11.9 Å². The third-order valence-corrected chi connectivity index (χ3v) is 7.32. The van der Waals surface area contributed by atoms with Crippen LogP contribution in [0.2, 0.25) is 10.0 Å². The van der Waals surface area contributed by atoms with E-state index in [2.05, 4.69) is 5.32 Å². The molecule has 7 nitrogen and oxygen atoms in total. The SMILES string of the molecule is CCCCNC(=O)[C@H](CC)N(Cc1c(Cl)cccc1Cl)C(=O)CN(c1ccc(F)c(F)c1)S(C)(=O)=O. The Hall–Kier alpha value is -2.43. The van der Waals surface area contributed by atoms with E-state index in [4.69, 9.17) is 23.2 Å². The Morgan fingerprint density at radius 1 is 1.06 bits per heavy atom. The molecular weight excluding hydrogens is 535 g/mol. The van der Waals surface area contributed by atoms with Crippen molar-refractivity contribution in [2.45, 2.75) is 45.7 Å². The fourth-order valence-corrected chi connectivity index (χ4v) is 4.89. The average Bonchev–Trinajstić information content (AvgIpc) is 2.80. The monoisotopic (exact) mass is 563 g/mol. The molecule has 2 aromatic rings. The fourth-order valence-electron chi connectivity index (χ4n) is 3.53. The summed E-state index contributed by atoms with van der Waals surface area (Å²) in [5.74, 6) is -3.60. The van der Waals surface area contributed by atoms with Gasteiger partial charge in [-0.15, -0.1) is 0 Å². The second-order valence-corrected chi connectivity index (χ2v) is 10.9. The minimum atomic E-state index is -4.09. The highest BCUT2D eigenvalue weighted by atomic mass is 35.5. The van der Waals surface area contributed by atoms with E-state index >= 15 is 0 Å². The number of nitrogens with one attached hydrogen (secondary N) is 1. The number of hydrogen-bond donors (Lipinski definition) is 1. The normalized spacial score (nSPS) is 12.2. The highest BCUT2D eigenvalue weighted by Crippen LogP contribution is 2.28. The number of anilines is 1. The van der Waals surface area contributed by atoms with Gasteiger partial charge in [0.2, 0.25) is 21.8 Å². The molecular formula is C24H29Cl2F2N3O4S. The summed E-state index contributed by atoms with van der Waals surface area (Å²) in [5.41, 5.74) is 0.147. The van der Waals surface area contributed by atoms with Crippen LogP contribution in [0.25, 0.3) is 0 Å². The van der Waals surface area contributed by atoms with Crippen LogP contribution in [0.4, 0.5) is 14.5 Å². The van der Waals surface area contributed by atoms with Crippen LogP contribution in [-0.4, -0.2) is 50.5 Å². The Balaban J connectivity index is 2.48. The van der Waals surface area contributed by atoms with Crippen molar-refractivity contribution in [2.75, 3.05) is 23.7 Å². The molecule has 2 aromatic carbocycles. The van der Waals surface area contributed by atoms with Crippen molar-refractivity contribution in [3.8, 4) is 0 Å². The average molecular weight is 564 g/mol. The lowest BCUT2D eigenvalue weighted by Gasteiger charge is -2.33. The van der Waals surface area contributed by atoms with Crippen LogP contribution < -0.4 is 9.62 Å². The third-order valence-electron chi connectivity index (χ3n) is 5.48. The molecule has 0 radical (unpaired) electrons. The summed E-state index contributed by atoms with van der Waals surface area (Å²) in [6, 6.07) is 6.34. The van der Waals surface area contributed by atoms with E-state index in [9.17, 15) is 26.8 Å². The number of halogens is 4. The molecule has 0 spiro atoms. The zero-order chi connectivity index (χ0) is 27.0. The van der Waals surface area contributed by atoms with Crippen molar-refractivity contribution in [1.82, 2.24) is 10.2 Å². The van der Waals surface area contributed by atoms with E-state index in [-0.39, 0.29) is 28.7 Å². The van der Waals surface area contributed by atoms with Gasteiger partial charge in [-0.05, 0) is 37.1 Å². The Kier molecular flexibility index (Phi) is 10.9. The van der Waals surface area contributed by atoms with Crippen molar-refractivity contribution < 1.29 is 26.8 Å². The maximum atomic E-state index is 13.9. The summed E-state index contributed by atoms with van der Waals surface area (Å²) in [7, 11) is -4.09. The summed E-state index contributed by atoms with van der Waals surface area (Å²) in [5, 5.41) is 3.32. The maximum absolute atomic E-state index is 13.9. The van der Waals surface area contributed by atoms with Gasteiger partial charge < -0.3 is 10.2 Å². The van der Waals surface area contributed by atoms with Gasteiger partial charge in [-0.3, -0.25) is 13.9 Å². The van der Waals surface area contributed by atoms with Crippen molar-refractivity contribution >= 4 is 50.7 Å². The first-order chi connectivity index (χ1) is 16.9. The van der Waals surface area contributed by atoms with Gasteiger partial charge in [0, 0.05) is 34.8 Å². The predicted molar refractivity (Wildman–Crippen MR) is 138 cm³/mol. The first-order valence-electron chi connectivity index (χ1n) is 11.3. The quantitative estimate of drug-likeness (QED) is 0.377. The number of hydrogen-bond acceptors (Lipinski definition) is 4. The number of unbranched alkanes of at least 4 members (excludes halogenated alkanes) is 1. The summed E-state index contributed by atoms with van der Waals surface area (Å²) >= 11 is 12.6. The Morgan fingerprint density at radius 2 is 1.69 bits per heavy atom. The van der Waals surface area contributed by atoms with Gasteiger partial charge >= 0.3 is 0 Å². The number of rotatable bonds is 12.